The minimum absolute atomic E-state index is 0.0116. The number of aromatic nitrogens is 1. The van der Waals surface area contributed by atoms with E-state index in [4.69, 9.17) is 9.84 Å². The van der Waals surface area contributed by atoms with Gasteiger partial charge in [-0.3, -0.25) is 4.79 Å². The van der Waals surface area contributed by atoms with Gasteiger partial charge in [-0.15, -0.1) is 11.3 Å². The lowest BCUT2D eigenvalue weighted by Crippen LogP contribution is -1.99. The average molecular weight is 277 g/mol. The van der Waals surface area contributed by atoms with Gasteiger partial charge in [-0.2, -0.15) is 0 Å². The second-order valence-corrected chi connectivity index (χ2v) is 5.39. The summed E-state index contributed by atoms with van der Waals surface area (Å²) in [5.41, 5.74) is 2.78. The van der Waals surface area contributed by atoms with Gasteiger partial charge in [-0.1, -0.05) is 6.07 Å². The Labute approximate surface area is 115 Å². The molecule has 0 aliphatic heterocycles. The molecule has 0 saturated heterocycles. The van der Waals surface area contributed by atoms with Crippen LogP contribution in [0.5, 0.6) is 5.75 Å². The Hall–Kier alpha value is -1.88. The van der Waals surface area contributed by atoms with Crippen molar-refractivity contribution in [3.63, 3.8) is 0 Å². The molecule has 2 aromatic rings. The third-order valence-electron chi connectivity index (χ3n) is 2.79. The lowest BCUT2D eigenvalue weighted by molar-refractivity contribution is -0.136. The standard InChI is InChI=1S/C14H15NO3S/c1-8-4-5-10(11(6-8)18-3)14-15-9(2)12(19-14)7-13(16)17/h4-6H,7H2,1-3H3,(H,16,17). The Balaban J connectivity index is 2.45. The van der Waals surface area contributed by atoms with Crippen molar-refractivity contribution < 1.29 is 14.6 Å². The molecular weight excluding hydrogens is 262 g/mol. The number of carbonyl (C=O) groups is 1. The smallest absolute Gasteiger partial charge is 0.308 e. The molecule has 0 unspecified atom stereocenters. The maximum atomic E-state index is 10.8. The highest BCUT2D eigenvalue weighted by molar-refractivity contribution is 7.15. The largest absolute Gasteiger partial charge is 0.496 e. The first kappa shape index (κ1) is 13.5. The molecule has 0 aliphatic rings. The van der Waals surface area contributed by atoms with Crippen LogP contribution in [-0.4, -0.2) is 23.2 Å². The normalized spacial score (nSPS) is 10.5. The number of nitrogens with zero attached hydrogens (tertiary/aromatic N) is 1. The molecule has 0 bridgehead atoms. The highest BCUT2D eigenvalue weighted by Gasteiger charge is 2.15. The van der Waals surface area contributed by atoms with E-state index in [1.165, 1.54) is 11.3 Å². The second-order valence-electron chi connectivity index (χ2n) is 4.30. The van der Waals surface area contributed by atoms with Gasteiger partial charge in [-0.05, 0) is 31.5 Å². The topological polar surface area (TPSA) is 59.4 Å². The van der Waals surface area contributed by atoms with Crippen molar-refractivity contribution in [2.45, 2.75) is 20.3 Å². The lowest BCUT2D eigenvalue weighted by atomic mass is 10.1. The van der Waals surface area contributed by atoms with E-state index < -0.39 is 5.97 Å². The summed E-state index contributed by atoms with van der Waals surface area (Å²) in [6.45, 7) is 3.83. The summed E-state index contributed by atoms with van der Waals surface area (Å²) < 4.78 is 5.36. The summed E-state index contributed by atoms with van der Waals surface area (Å²) >= 11 is 1.40. The number of carboxylic acid groups (broad SMARTS) is 1. The van der Waals surface area contributed by atoms with Crippen LogP contribution in [-0.2, 0) is 11.2 Å². The third-order valence-corrected chi connectivity index (χ3v) is 3.98. The second kappa shape index (κ2) is 5.40. The fourth-order valence-electron chi connectivity index (χ4n) is 1.82. The van der Waals surface area contributed by atoms with Crippen molar-refractivity contribution >= 4 is 17.3 Å². The van der Waals surface area contributed by atoms with Gasteiger partial charge in [-0.25, -0.2) is 4.98 Å². The number of aliphatic carboxylic acids is 1. The number of carboxylic acids is 1. The molecule has 1 heterocycles. The zero-order valence-electron chi connectivity index (χ0n) is 11.1. The minimum Gasteiger partial charge on any atom is -0.496 e. The molecule has 1 aromatic heterocycles. The Morgan fingerprint density at radius 2 is 2.16 bits per heavy atom. The predicted octanol–water partition coefficient (Wildman–Crippen LogP) is 3.06. The Bertz CT molecular complexity index is 619. The first-order chi connectivity index (χ1) is 9.01. The molecule has 5 heteroatoms. The van der Waals surface area contributed by atoms with Crippen LogP contribution >= 0.6 is 11.3 Å². The Morgan fingerprint density at radius 3 is 2.79 bits per heavy atom. The van der Waals surface area contributed by atoms with Gasteiger partial charge in [0, 0.05) is 4.88 Å². The molecule has 2 rings (SSSR count). The summed E-state index contributed by atoms with van der Waals surface area (Å²) in [5, 5.41) is 9.66. The van der Waals surface area contributed by atoms with E-state index >= 15 is 0 Å². The van der Waals surface area contributed by atoms with E-state index in [2.05, 4.69) is 4.98 Å². The third kappa shape index (κ3) is 2.93. The number of rotatable bonds is 4. The van der Waals surface area contributed by atoms with Gasteiger partial charge in [0.05, 0.1) is 24.8 Å². The van der Waals surface area contributed by atoms with Crippen LogP contribution in [0.2, 0.25) is 0 Å². The van der Waals surface area contributed by atoms with Gasteiger partial charge in [0.1, 0.15) is 10.8 Å². The summed E-state index contributed by atoms with van der Waals surface area (Å²) in [6.07, 6.45) is 0.0116. The van der Waals surface area contributed by atoms with Gasteiger partial charge in [0.15, 0.2) is 0 Å². The first-order valence-corrected chi connectivity index (χ1v) is 6.66. The van der Waals surface area contributed by atoms with Crippen LogP contribution in [0.25, 0.3) is 10.6 Å². The summed E-state index contributed by atoms with van der Waals surface area (Å²) in [4.78, 5) is 16.0. The monoisotopic (exact) mass is 277 g/mol. The molecule has 1 N–H and O–H groups in total. The van der Waals surface area contributed by atoms with Gasteiger partial charge >= 0.3 is 5.97 Å². The van der Waals surface area contributed by atoms with E-state index in [0.29, 0.717) is 0 Å². The van der Waals surface area contributed by atoms with Crippen molar-refractivity contribution in [1.82, 2.24) is 4.98 Å². The van der Waals surface area contributed by atoms with E-state index in [9.17, 15) is 4.79 Å². The molecule has 4 nitrogen and oxygen atoms in total. The molecule has 0 spiro atoms. The molecule has 19 heavy (non-hydrogen) atoms. The first-order valence-electron chi connectivity index (χ1n) is 5.84. The van der Waals surface area contributed by atoms with Crippen LogP contribution in [0.3, 0.4) is 0 Å². The number of hydrogen-bond donors (Lipinski definition) is 1. The highest BCUT2D eigenvalue weighted by atomic mass is 32.1. The van der Waals surface area contributed by atoms with Crippen molar-refractivity contribution in [3.8, 4) is 16.3 Å². The van der Waals surface area contributed by atoms with Crippen LogP contribution in [0.1, 0.15) is 16.1 Å². The molecule has 0 radical (unpaired) electrons. The SMILES string of the molecule is COc1cc(C)ccc1-c1nc(C)c(CC(=O)O)s1. The summed E-state index contributed by atoms with van der Waals surface area (Å²) in [6, 6.07) is 5.89. The fraction of sp³-hybridized carbons (Fsp3) is 0.286. The molecule has 0 saturated carbocycles. The Kier molecular flexibility index (Phi) is 3.85. The maximum absolute atomic E-state index is 10.8. The fourth-order valence-corrected chi connectivity index (χ4v) is 2.90. The summed E-state index contributed by atoms with van der Waals surface area (Å²) in [7, 11) is 1.62. The van der Waals surface area contributed by atoms with Crippen molar-refractivity contribution in [3.05, 3.63) is 34.3 Å². The molecule has 1 aromatic carbocycles. The predicted molar refractivity (Wildman–Crippen MR) is 74.9 cm³/mol. The number of aryl methyl sites for hydroxylation is 2. The highest BCUT2D eigenvalue weighted by Crippen LogP contribution is 2.35. The van der Waals surface area contributed by atoms with Crippen LogP contribution in [0.4, 0.5) is 0 Å². The van der Waals surface area contributed by atoms with Crippen molar-refractivity contribution in [2.24, 2.45) is 0 Å². The van der Waals surface area contributed by atoms with Crippen LogP contribution < -0.4 is 4.74 Å². The van der Waals surface area contributed by atoms with Gasteiger partial charge in [0.25, 0.3) is 0 Å². The number of thiazole rings is 1. The molecular formula is C14H15NO3S. The zero-order valence-corrected chi connectivity index (χ0v) is 11.9. The zero-order chi connectivity index (χ0) is 14.0. The summed E-state index contributed by atoms with van der Waals surface area (Å²) in [5.74, 6) is -0.0789. The van der Waals surface area contributed by atoms with E-state index in [-0.39, 0.29) is 6.42 Å². The molecule has 100 valence electrons. The number of ether oxygens (including phenoxy) is 1. The van der Waals surface area contributed by atoms with E-state index in [1.54, 1.807) is 7.11 Å². The van der Waals surface area contributed by atoms with Crippen LogP contribution in [0, 0.1) is 13.8 Å². The number of methoxy groups -OCH3 is 1. The average Bonchev–Trinajstić information content (AvgIpc) is 2.69. The van der Waals surface area contributed by atoms with E-state index in [1.807, 2.05) is 32.0 Å². The van der Waals surface area contributed by atoms with Crippen molar-refractivity contribution in [1.29, 1.82) is 0 Å². The van der Waals surface area contributed by atoms with Gasteiger partial charge in [0.2, 0.25) is 0 Å². The van der Waals surface area contributed by atoms with E-state index in [0.717, 1.165) is 32.5 Å². The molecule has 0 aliphatic carbocycles. The van der Waals surface area contributed by atoms with Crippen molar-refractivity contribution in [2.75, 3.05) is 7.11 Å². The quantitative estimate of drug-likeness (QED) is 0.933. The molecule has 0 fully saturated rings. The maximum Gasteiger partial charge on any atom is 0.308 e. The number of hydrogen-bond acceptors (Lipinski definition) is 4. The van der Waals surface area contributed by atoms with Crippen LogP contribution in [0.15, 0.2) is 18.2 Å². The lowest BCUT2D eigenvalue weighted by Gasteiger charge is -2.06. The minimum atomic E-state index is -0.839. The molecule has 0 atom stereocenters. The van der Waals surface area contributed by atoms with Gasteiger partial charge < -0.3 is 9.84 Å². The Morgan fingerprint density at radius 1 is 1.42 bits per heavy atom. The molecule has 0 amide bonds. The number of benzene rings is 1.